The molecule has 0 bridgehead atoms. The van der Waals surface area contributed by atoms with Crippen molar-refractivity contribution in [2.75, 3.05) is 6.54 Å². The van der Waals surface area contributed by atoms with Crippen molar-refractivity contribution in [3.63, 3.8) is 0 Å². The number of carboxylic acid groups (broad SMARTS) is 1. The summed E-state index contributed by atoms with van der Waals surface area (Å²) >= 11 is 3.27. The Morgan fingerprint density at radius 1 is 1.56 bits per heavy atom. The topological polar surface area (TPSA) is 49.3 Å². The molecule has 2 N–H and O–H groups in total. The first-order valence-corrected chi connectivity index (χ1v) is 6.40. The zero-order valence-electron chi connectivity index (χ0n) is 10.0. The molecule has 0 saturated carbocycles. The second-order valence-corrected chi connectivity index (χ2v) is 4.67. The van der Waals surface area contributed by atoms with E-state index in [9.17, 15) is 9.18 Å². The molecular weight excluding hydrogens is 301 g/mol. The van der Waals surface area contributed by atoms with E-state index >= 15 is 0 Å². The summed E-state index contributed by atoms with van der Waals surface area (Å²) in [4.78, 5) is 10.7. The molecule has 18 heavy (non-hydrogen) atoms. The van der Waals surface area contributed by atoms with Crippen LogP contribution >= 0.6 is 15.9 Å². The molecule has 0 heterocycles. The van der Waals surface area contributed by atoms with Gasteiger partial charge in [-0.2, -0.15) is 0 Å². The highest BCUT2D eigenvalue weighted by Crippen LogP contribution is 2.15. The van der Waals surface area contributed by atoms with Crippen molar-refractivity contribution >= 4 is 21.9 Å². The highest BCUT2D eigenvalue weighted by Gasteiger charge is 2.04. The van der Waals surface area contributed by atoms with Crippen LogP contribution in [0.1, 0.15) is 18.9 Å². The van der Waals surface area contributed by atoms with Gasteiger partial charge in [0, 0.05) is 28.7 Å². The van der Waals surface area contributed by atoms with Crippen molar-refractivity contribution in [2.45, 2.75) is 19.9 Å². The molecule has 1 aromatic carbocycles. The van der Waals surface area contributed by atoms with E-state index in [4.69, 9.17) is 5.11 Å². The maximum Gasteiger partial charge on any atom is 0.331 e. The Morgan fingerprint density at radius 3 is 2.89 bits per heavy atom. The number of hydrogen-bond acceptors (Lipinski definition) is 2. The summed E-state index contributed by atoms with van der Waals surface area (Å²) in [5.74, 6) is -1.18. The Bertz CT molecular complexity index is 460. The van der Waals surface area contributed by atoms with Gasteiger partial charge in [-0.3, -0.25) is 0 Å². The minimum atomic E-state index is -0.909. The van der Waals surface area contributed by atoms with E-state index in [1.165, 1.54) is 6.07 Å². The van der Waals surface area contributed by atoms with Crippen LogP contribution in [0.5, 0.6) is 0 Å². The van der Waals surface area contributed by atoms with Gasteiger partial charge < -0.3 is 10.4 Å². The smallest absolute Gasteiger partial charge is 0.331 e. The van der Waals surface area contributed by atoms with Crippen LogP contribution in [0, 0.1) is 5.82 Å². The van der Waals surface area contributed by atoms with E-state index in [1.807, 2.05) is 0 Å². The van der Waals surface area contributed by atoms with Gasteiger partial charge in [0.1, 0.15) is 5.82 Å². The SMILES string of the molecule is CC/C(=C/CNCc1cc(Br)ccc1F)C(=O)O. The molecule has 1 aromatic rings. The van der Waals surface area contributed by atoms with E-state index < -0.39 is 5.97 Å². The van der Waals surface area contributed by atoms with Crippen molar-refractivity contribution in [1.29, 1.82) is 0 Å². The monoisotopic (exact) mass is 315 g/mol. The van der Waals surface area contributed by atoms with E-state index in [0.29, 0.717) is 30.6 Å². The summed E-state index contributed by atoms with van der Waals surface area (Å²) in [6, 6.07) is 4.73. The Balaban J connectivity index is 2.51. The van der Waals surface area contributed by atoms with Crippen LogP contribution in [-0.2, 0) is 11.3 Å². The fraction of sp³-hybridized carbons (Fsp3) is 0.308. The summed E-state index contributed by atoms with van der Waals surface area (Å²) < 4.78 is 14.2. The van der Waals surface area contributed by atoms with Gasteiger partial charge in [-0.15, -0.1) is 0 Å². The molecule has 0 fully saturated rings. The van der Waals surface area contributed by atoms with E-state index in [2.05, 4.69) is 21.2 Å². The van der Waals surface area contributed by atoms with Gasteiger partial charge in [-0.25, -0.2) is 9.18 Å². The quantitative estimate of drug-likeness (QED) is 0.626. The van der Waals surface area contributed by atoms with Gasteiger partial charge in [0.25, 0.3) is 0 Å². The summed E-state index contributed by atoms with van der Waals surface area (Å²) in [7, 11) is 0. The number of aliphatic carboxylic acids is 1. The molecule has 0 amide bonds. The number of rotatable bonds is 6. The molecule has 5 heteroatoms. The van der Waals surface area contributed by atoms with E-state index in [-0.39, 0.29) is 5.82 Å². The minimum absolute atomic E-state index is 0.274. The number of carbonyl (C=O) groups is 1. The van der Waals surface area contributed by atoms with Crippen molar-refractivity contribution in [2.24, 2.45) is 0 Å². The van der Waals surface area contributed by atoms with Crippen LogP contribution in [0.2, 0.25) is 0 Å². The summed E-state index contributed by atoms with van der Waals surface area (Å²) in [6.45, 7) is 2.55. The third kappa shape index (κ3) is 4.58. The number of hydrogen-bond donors (Lipinski definition) is 2. The van der Waals surface area contributed by atoms with Crippen LogP contribution in [0.25, 0.3) is 0 Å². The molecular formula is C13H15BrFNO2. The lowest BCUT2D eigenvalue weighted by atomic mass is 10.2. The summed E-state index contributed by atoms with van der Waals surface area (Å²) in [5, 5.41) is 11.8. The number of nitrogens with one attached hydrogen (secondary N) is 1. The highest BCUT2D eigenvalue weighted by molar-refractivity contribution is 9.10. The molecule has 98 valence electrons. The first-order valence-electron chi connectivity index (χ1n) is 5.61. The molecule has 0 unspecified atom stereocenters. The average Bonchev–Trinajstić information content (AvgIpc) is 2.33. The van der Waals surface area contributed by atoms with Crippen molar-refractivity contribution in [1.82, 2.24) is 5.32 Å². The molecule has 0 aliphatic heterocycles. The molecule has 0 aliphatic rings. The van der Waals surface area contributed by atoms with Crippen molar-refractivity contribution in [3.8, 4) is 0 Å². The third-order valence-corrected chi connectivity index (χ3v) is 2.96. The molecule has 3 nitrogen and oxygen atoms in total. The fourth-order valence-corrected chi connectivity index (χ4v) is 1.87. The average molecular weight is 316 g/mol. The molecule has 1 rings (SSSR count). The van der Waals surface area contributed by atoms with Crippen LogP contribution in [0.3, 0.4) is 0 Å². The van der Waals surface area contributed by atoms with Crippen LogP contribution < -0.4 is 5.32 Å². The maximum absolute atomic E-state index is 13.4. The minimum Gasteiger partial charge on any atom is -0.478 e. The maximum atomic E-state index is 13.4. The van der Waals surface area contributed by atoms with Gasteiger partial charge in [0.2, 0.25) is 0 Å². The predicted octanol–water partition coefficient (Wildman–Crippen LogP) is 3.10. The molecule has 0 aromatic heterocycles. The fourth-order valence-electron chi connectivity index (χ4n) is 1.46. The predicted molar refractivity (Wildman–Crippen MR) is 71.8 cm³/mol. The largest absolute Gasteiger partial charge is 0.478 e. The standard InChI is InChI=1S/C13H15BrFNO2/c1-2-9(13(17)18)5-6-16-8-10-7-11(14)3-4-12(10)15/h3-5,7,16H,2,6,8H2,1H3,(H,17,18)/b9-5-. The molecule has 0 spiro atoms. The van der Waals surface area contributed by atoms with Gasteiger partial charge in [0.05, 0.1) is 0 Å². The molecule has 0 atom stereocenters. The van der Waals surface area contributed by atoms with Crippen LogP contribution in [0.15, 0.2) is 34.3 Å². The lowest BCUT2D eigenvalue weighted by Gasteiger charge is -2.05. The second kappa shape index (κ2) is 7.28. The number of carboxylic acids is 1. The van der Waals surface area contributed by atoms with Gasteiger partial charge in [-0.1, -0.05) is 28.9 Å². The van der Waals surface area contributed by atoms with Gasteiger partial charge in [-0.05, 0) is 24.6 Å². The zero-order chi connectivity index (χ0) is 13.5. The van der Waals surface area contributed by atoms with Gasteiger partial charge >= 0.3 is 5.97 Å². The lowest BCUT2D eigenvalue weighted by molar-refractivity contribution is -0.132. The molecule has 0 radical (unpaired) electrons. The number of halogens is 2. The third-order valence-electron chi connectivity index (χ3n) is 2.47. The lowest BCUT2D eigenvalue weighted by Crippen LogP contribution is -2.15. The molecule has 0 aliphatic carbocycles. The van der Waals surface area contributed by atoms with Crippen LogP contribution in [0.4, 0.5) is 4.39 Å². The molecule has 0 saturated heterocycles. The first-order chi connectivity index (χ1) is 8.54. The van der Waals surface area contributed by atoms with Crippen molar-refractivity contribution < 1.29 is 14.3 Å². The number of benzene rings is 1. The van der Waals surface area contributed by atoms with Gasteiger partial charge in [0.15, 0.2) is 0 Å². The van der Waals surface area contributed by atoms with E-state index in [1.54, 1.807) is 25.1 Å². The Hall–Kier alpha value is -1.20. The Kier molecular flexibility index (Phi) is 6.01. The Morgan fingerprint density at radius 2 is 2.28 bits per heavy atom. The van der Waals surface area contributed by atoms with E-state index in [0.717, 1.165) is 4.47 Å². The summed E-state index contributed by atoms with van der Waals surface area (Å²) in [5.41, 5.74) is 0.906. The first kappa shape index (κ1) is 14.9. The highest BCUT2D eigenvalue weighted by atomic mass is 79.9. The summed E-state index contributed by atoms with van der Waals surface area (Å²) in [6.07, 6.45) is 2.08. The zero-order valence-corrected chi connectivity index (χ0v) is 11.6. The normalized spacial score (nSPS) is 11.6. The second-order valence-electron chi connectivity index (χ2n) is 3.75. The van der Waals surface area contributed by atoms with Crippen LogP contribution in [-0.4, -0.2) is 17.6 Å². The Labute approximate surface area is 114 Å². The van der Waals surface area contributed by atoms with Crippen molar-refractivity contribution in [3.05, 3.63) is 45.7 Å².